The molecule has 15 heavy (non-hydrogen) atoms. The number of halogens is 1. The molecule has 5 heteroatoms. The number of hydrogen-bond donors (Lipinski definition) is 2. The van der Waals surface area contributed by atoms with Gasteiger partial charge in [-0.05, 0) is 18.7 Å². The Bertz CT molecular complexity index is 438. The third-order valence-electron chi connectivity index (χ3n) is 2.00. The van der Waals surface area contributed by atoms with E-state index in [2.05, 4.69) is 15.0 Å². The molecule has 0 aliphatic heterocycles. The molecule has 0 unspecified atom stereocenters. The van der Waals surface area contributed by atoms with Gasteiger partial charge in [0.2, 0.25) is 0 Å². The number of aromatic nitrogens is 3. The number of nitrogens with one attached hydrogen (secondary N) is 1. The van der Waals surface area contributed by atoms with Gasteiger partial charge in [0.05, 0.1) is 5.69 Å². The van der Waals surface area contributed by atoms with Gasteiger partial charge >= 0.3 is 0 Å². The van der Waals surface area contributed by atoms with Crippen molar-refractivity contribution >= 4 is 11.6 Å². The van der Waals surface area contributed by atoms with Crippen LogP contribution in [0.4, 0.5) is 0 Å². The van der Waals surface area contributed by atoms with Crippen LogP contribution in [0.5, 0.6) is 0 Å². The smallest absolute Gasteiger partial charge is 0.135 e. The van der Waals surface area contributed by atoms with E-state index in [1.54, 1.807) is 6.20 Å². The predicted octanol–water partition coefficient (Wildman–Crippen LogP) is 1.63. The van der Waals surface area contributed by atoms with Crippen molar-refractivity contribution in [3.63, 3.8) is 0 Å². The largest absolute Gasteiger partial charge is 0.332 e. The summed E-state index contributed by atoms with van der Waals surface area (Å²) in [6, 6.07) is 5.62. The van der Waals surface area contributed by atoms with Gasteiger partial charge in [-0.25, -0.2) is 4.98 Å². The van der Waals surface area contributed by atoms with Crippen LogP contribution in [0.25, 0.3) is 11.4 Å². The molecule has 0 fully saturated rings. The van der Waals surface area contributed by atoms with Gasteiger partial charge in [-0.1, -0.05) is 17.7 Å². The Morgan fingerprint density at radius 1 is 1.40 bits per heavy atom. The molecule has 0 spiro atoms. The van der Waals surface area contributed by atoms with Gasteiger partial charge < -0.3 is 10.7 Å². The Labute approximate surface area is 92.5 Å². The van der Waals surface area contributed by atoms with Crippen LogP contribution < -0.4 is 5.73 Å². The van der Waals surface area contributed by atoms with E-state index in [0.29, 0.717) is 23.8 Å². The molecule has 0 atom stereocenters. The Morgan fingerprint density at radius 2 is 2.27 bits per heavy atom. The molecule has 0 aromatic carbocycles. The van der Waals surface area contributed by atoms with Crippen LogP contribution in [0.1, 0.15) is 5.82 Å². The maximum Gasteiger partial charge on any atom is 0.135 e. The van der Waals surface area contributed by atoms with Gasteiger partial charge in [0.15, 0.2) is 0 Å². The standard InChI is InChI=1S/C10H11ClN4/c11-10-9(7-3-1-2-6-13-7)14-8(15-10)4-5-12/h1-3,6H,4-5,12H2,(H,14,15). The van der Waals surface area contributed by atoms with Gasteiger partial charge in [-0.15, -0.1) is 0 Å². The second kappa shape index (κ2) is 4.42. The van der Waals surface area contributed by atoms with E-state index in [1.165, 1.54) is 0 Å². The summed E-state index contributed by atoms with van der Waals surface area (Å²) in [4.78, 5) is 11.5. The van der Waals surface area contributed by atoms with Crippen molar-refractivity contribution in [3.8, 4) is 11.4 Å². The third kappa shape index (κ3) is 2.16. The second-order valence-electron chi connectivity index (χ2n) is 3.10. The first kappa shape index (κ1) is 10.1. The fourth-order valence-electron chi connectivity index (χ4n) is 1.33. The lowest BCUT2D eigenvalue weighted by Gasteiger charge is -1.94. The van der Waals surface area contributed by atoms with Crippen LogP contribution >= 0.6 is 11.6 Å². The normalized spacial score (nSPS) is 10.5. The molecular formula is C10H11ClN4. The van der Waals surface area contributed by atoms with Gasteiger partial charge in [-0.2, -0.15) is 0 Å². The number of rotatable bonds is 3. The minimum absolute atomic E-state index is 0.511. The molecule has 0 amide bonds. The summed E-state index contributed by atoms with van der Waals surface area (Å²) in [6.07, 6.45) is 2.40. The first-order valence-electron chi connectivity index (χ1n) is 4.67. The highest BCUT2D eigenvalue weighted by Gasteiger charge is 2.10. The van der Waals surface area contributed by atoms with E-state index in [4.69, 9.17) is 17.3 Å². The molecule has 0 radical (unpaired) electrons. The van der Waals surface area contributed by atoms with Crippen molar-refractivity contribution in [2.24, 2.45) is 5.73 Å². The Hall–Kier alpha value is -1.39. The molecule has 78 valence electrons. The van der Waals surface area contributed by atoms with Gasteiger partial charge in [0, 0.05) is 12.6 Å². The minimum atomic E-state index is 0.511. The quantitative estimate of drug-likeness (QED) is 0.830. The second-order valence-corrected chi connectivity index (χ2v) is 3.48. The van der Waals surface area contributed by atoms with Crippen LogP contribution in [0.3, 0.4) is 0 Å². The topological polar surface area (TPSA) is 67.6 Å². The number of hydrogen-bond acceptors (Lipinski definition) is 3. The highest BCUT2D eigenvalue weighted by Crippen LogP contribution is 2.23. The summed E-state index contributed by atoms with van der Waals surface area (Å²) < 4.78 is 0. The van der Waals surface area contributed by atoms with Crippen molar-refractivity contribution in [2.75, 3.05) is 6.54 Å². The molecule has 0 saturated heterocycles. The van der Waals surface area contributed by atoms with Crippen LogP contribution in [-0.2, 0) is 6.42 Å². The monoisotopic (exact) mass is 222 g/mol. The van der Waals surface area contributed by atoms with Gasteiger partial charge in [0.25, 0.3) is 0 Å². The van der Waals surface area contributed by atoms with E-state index < -0.39 is 0 Å². The van der Waals surface area contributed by atoms with Crippen LogP contribution in [-0.4, -0.2) is 21.5 Å². The SMILES string of the molecule is NCCc1nc(-c2ccccn2)c(Cl)[nH]1. The number of pyridine rings is 1. The third-order valence-corrected chi connectivity index (χ3v) is 2.27. The zero-order valence-corrected chi connectivity index (χ0v) is 8.83. The van der Waals surface area contributed by atoms with Crippen LogP contribution in [0.2, 0.25) is 5.15 Å². The zero-order chi connectivity index (χ0) is 10.7. The van der Waals surface area contributed by atoms with Crippen molar-refractivity contribution in [1.29, 1.82) is 0 Å². The van der Waals surface area contributed by atoms with E-state index in [-0.39, 0.29) is 0 Å². The lowest BCUT2D eigenvalue weighted by molar-refractivity contribution is 0.895. The molecule has 4 nitrogen and oxygen atoms in total. The van der Waals surface area contributed by atoms with Crippen LogP contribution in [0, 0.1) is 0 Å². The highest BCUT2D eigenvalue weighted by molar-refractivity contribution is 6.31. The molecule has 2 aromatic heterocycles. The van der Waals surface area contributed by atoms with Gasteiger partial charge in [-0.3, -0.25) is 4.98 Å². The van der Waals surface area contributed by atoms with Crippen molar-refractivity contribution < 1.29 is 0 Å². The molecule has 2 aromatic rings. The molecule has 2 heterocycles. The molecular weight excluding hydrogens is 212 g/mol. The first-order chi connectivity index (χ1) is 7.31. The maximum atomic E-state index is 6.02. The highest BCUT2D eigenvalue weighted by atomic mass is 35.5. The minimum Gasteiger partial charge on any atom is -0.332 e. The maximum absolute atomic E-state index is 6.02. The Balaban J connectivity index is 2.36. The summed E-state index contributed by atoms with van der Waals surface area (Å²) in [7, 11) is 0. The number of H-pyrrole nitrogens is 1. The summed E-state index contributed by atoms with van der Waals surface area (Å²) in [5.41, 5.74) is 6.89. The molecule has 0 bridgehead atoms. The average molecular weight is 223 g/mol. The van der Waals surface area contributed by atoms with E-state index >= 15 is 0 Å². The van der Waals surface area contributed by atoms with Gasteiger partial charge in [0.1, 0.15) is 16.7 Å². The van der Waals surface area contributed by atoms with E-state index in [9.17, 15) is 0 Å². The van der Waals surface area contributed by atoms with E-state index in [1.807, 2.05) is 18.2 Å². The first-order valence-corrected chi connectivity index (χ1v) is 5.05. The Kier molecular flexibility index (Phi) is 2.99. The average Bonchev–Trinajstić information content (AvgIpc) is 2.61. The summed E-state index contributed by atoms with van der Waals surface area (Å²) in [5, 5.41) is 0.511. The lowest BCUT2D eigenvalue weighted by atomic mass is 10.3. The van der Waals surface area contributed by atoms with Crippen molar-refractivity contribution in [2.45, 2.75) is 6.42 Å². The summed E-state index contributed by atoms with van der Waals surface area (Å²) in [6.45, 7) is 0.547. The zero-order valence-electron chi connectivity index (χ0n) is 8.07. The molecule has 3 N–H and O–H groups in total. The number of nitrogens with zero attached hydrogens (tertiary/aromatic N) is 2. The summed E-state index contributed by atoms with van der Waals surface area (Å²) >= 11 is 6.02. The van der Waals surface area contributed by atoms with Crippen LogP contribution in [0.15, 0.2) is 24.4 Å². The fourth-order valence-corrected chi connectivity index (χ4v) is 1.57. The molecule has 0 saturated carbocycles. The number of nitrogens with two attached hydrogens (primary N) is 1. The number of aromatic amines is 1. The van der Waals surface area contributed by atoms with E-state index in [0.717, 1.165) is 11.5 Å². The summed E-state index contributed by atoms with van der Waals surface area (Å²) in [5.74, 6) is 0.795. The number of imidazole rings is 1. The predicted molar refractivity (Wildman–Crippen MR) is 59.6 cm³/mol. The Morgan fingerprint density at radius 3 is 2.93 bits per heavy atom. The molecule has 0 aliphatic carbocycles. The fraction of sp³-hybridized carbons (Fsp3) is 0.200. The molecule has 0 aliphatic rings. The molecule has 2 rings (SSSR count). The lowest BCUT2D eigenvalue weighted by Crippen LogP contribution is -2.03. The van der Waals surface area contributed by atoms with Crippen molar-refractivity contribution in [3.05, 3.63) is 35.4 Å². The van der Waals surface area contributed by atoms with Crippen molar-refractivity contribution in [1.82, 2.24) is 15.0 Å².